The summed E-state index contributed by atoms with van der Waals surface area (Å²) < 4.78 is 0. The van der Waals surface area contributed by atoms with Gasteiger partial charge in [0, 0.05) is 25.0 Å². The lowest BCUT2D eigenvalue weighted by Crippen LogP contribution is -2.38. The van der Waals surface area contributed by atoms with Gasteiger partial charge in [-0.1, -0.05) is 50.2 Å². The van der Waals surface area contributed by atoms with Gasteiger partial charge in [0.15, 0.2) is 0 Å². The van der Waals surface area contributed by atoms with Crippen LogP contribution in [-0.2, 0) is 6.54 Å². The molecule has 0 aliphatic carbocycles. The minimum Gasteiger partial charge on any atom is -0.387 e. The number of pyridine rings is 1. The molecule has 0 aliphatic heterocycles. The zero-order valence-electron chi connectivity index (χ0n) is 12.0. The van der Waals surface area contributed by atoms with Crippen molar-refractivity contribution in [2.24, 2.45) is 5.92 Å². The second-order valence-corrected chi connectivity index (χ2v) is 5.37. The summed E-state index contributed by atoms with van der Waals surface area (Å²) in [6.07, 6.45) is 3.11. The topological polar surface area (TPSA) is 45.2 Å². The smallest absolute Gasteiger partial charge is 0.0945 e. The third-order valence-corrected chi connectivity index (χ3v) is 3.46. The fourth-order valence-electron chi connectivity index (χ4n) is 2.31. The van der Waals surface area contributed by atoms with Crippen LogP contribution in [-0.4, -0.2) is 16.1 Å². The summed E-state index contributed by atoms with van der Waals surface area (Å²) >= 11 is 0. The van der Waals surface area contributed by atoms with Crippen LogP contribution in [0.25, 0.3) is 0 Å². The van der Waals surface area contributed by atoms with Crippen molar-refractivity contribution >= 4 is 0 Å². The van der Waals surface area contributed by atoms with Gasteiger partial charge < -0.3 is 10.4 Å². The van der Waals surface area contributed by atoms with E-state index in [-0.39, 0.29) is 6.04 Å². The third kappa shape index (κ3) is 3.89. The summed E-state index contributed by atoms with van der Waals surface area (Å²) in [5.74, 6) is 0.335. The number of rotatable bonds is 6. The molecule has 0 radical (unpaired) electrons. The first kappa shape index (κ1) is 14.7. The number of aliphatic hydroxyl groups excluding tert-OH is 1. The maximum Gasteiger partial charge on any atom is 0.0945 e. The lowest BCUT2D eigenvalue weighted by atomic mass is 9.93. The van der Waals surface area contributed by atoms with Gasteiger partial charge in [-0.15, -0.1) is 0 Å². The van der Waals surface area contributed by atoms with E-state index in [4.69, 9.17) is 0 Å². The molecular formula is C17H22N2O. The maximum atomic E-state index is 10.6. The van der Waals surface area contributed by atoms with E-state index in [0.717, 1.165) is 11.1 Å². The highest BCUT2D eigenvalue weighted by Gasteiger charge is 2.23. The van der Waals surface area contributed by atoms with Gasteiger partial charge in [-0.2, -0.15) is 0 Å². The third-order valence-electron chi connectivity index (χ3n) is 3.46. The minimum atomic E-state index is -0.507. The zero-order chi connectivity index (χ0) is 14.4. The second kappa shape index (κ2) is 7.17. The minimum absolute atomic E-state index is 0.0117. The zero-order valence-corrected chi connectivity index (χ0v) is 12.0. The van der Waals surface area contributed by atoms with E-state index in [0.29, 0.717) is 12.5 Å². The van der Waals surface area contributed by atoms with E-state index < -0.39 is 6.10 Å². The lowest BCUT2D eigenvalue weighted by Gasteiger charge is -2.28. The Bertz CT molecular complexity index is 499. The summed E-state index contributed by atoms with van der Waals surface area (Å²) in [7, 11) is 0. The summed E-state index contributed by atoms with van der Waals surface area (Å²) in [5, 5.41) is 14.0. The highest BCUT2D eigenvalue weighted by Crippen LogP contribution is 2.22. The van der Waals surface area contributed by atoms with Crippen molar-refractivity contribution in [2.45, 2.75) is 32.5 Å². The van der Waals surface area contributed by atoms with Gasteiger partial charge in [0.05, 0.1) is 6.10 Å². The Balaban J connectivity index is 2.04. The molecular weight excluding hydrogens is 248 g/mol. The van der Waals surface area contributed by atoms with Crippen molar-refractivity contribution < 1.29 is 5.11 Å². The fourth-order valence-corrected chi connectivity index (χ4v) is 2.31. The molecule has 106 valence electrons. The van der Waals surface area contributed by atoms with E-state index in [1.54, 1.807) is 6.20 Å². The van der Waals surface area contributed by atoms with Crippen LogP contribution in [0.4, 0.5) is 0 Å². The average Bonchev–Trinajstić information content (AvgIpc) is 2.49. The molecule has 20 heavy (non-hydrogen) atoms. The number of hydrogen-bond acceptors (Lipinski definition) is 3. The Morgan fingerprint density at radius 2 is 1.85 bits per heavy atom. The maximum absolute atomic E-state index is 10.6. The summed E-state index contributed by atoms with van der Waals surface area (Å²) in [6, 6.07) is 13.8. The number of hydrogen-bond donors (Lipinski definition) is 2. The molecule has 0 aliphatic rings. The molecule has 2 unspecified atom stereocenters. The van der Waals surface area contributed by atoms with Gasteiger partial charge in [0.2, 0.25) is 0 Å². The molecule has 0 fully saturated rings. The largest absolute Gasteiger partial charge is 0.387 e. The first-order chi connectivity index (χ1) is 9.68. The van der Waals surface area contributed by atoms with Crippen LogP contribution in [0, 0.1) is 5.92 Å². The molecule has 0 saturated heterocycles. The quantitative estimate of drug-likeness (QED) is 0.848. The molecule has 1 aromatic carbocycles. The number of benzene rings is 1. The highest BCUT2D eigenvalue weighted by atomic mass is 16.3. The standard InChI is InChI=1S/C17H22N2O/c1-13(2)16(17(20)15-8-4-3-5-9-15)19-12-14-7-6-10-18-11-14/h3-11,13,16-17,19-20H,12H2,1-2H3. The van der Waals surface area contributed by atoms with Gasteiger partial charge >= 0.3 is 0 Å². The van der Waals surface area contributed by atoms with Crippen molar-refractivity contribution in [1.29, 1.82) is 0 Å². The summed E-state index contributed by atoms with van der Waals surface area (Å²) in [4.78, 5) is 4.11. The van der Waals surface area contributed by atoms with Crippen molar-refractivity contribution in [2.75, 3.05) is 0 Å². The van der Waals surface area contributed by atoms with E-state index in [2.05, 4.69) is 24.1 Å². The predicted molar refractivity (Wildman–Crippen MR) is 81.1 cm³/mol. The highest BCUT2D eigenvalue weighted by molar-refractivity contribution is 5.19. The van der Waals surface area contributed by atoms with Gasteiger partial charge in [-0.25, -0.2) is 0 Å². The van der Waals surface area contributed by atoms with Crippen molar-refractivity contribution in [3.63, 3.8) is 0 Å². The Morgan fingerprint density at radius 3 is 2.45 bits per heavy atom. The second-order valence-electron chi connectivity index (χ2n) is 5.37. The van der Waals surface area contributed by atoms with Crippen LogP contribution < -0.4 is 5.32 Å². The molecule has 0 saturated carbocycles. The number of nitrogens with one attached hydrogen (secondary N) is 1. The van der Waals surface area contributed by atoms with E-state index in [1.807, 2.05) is 48.7 Å². The SMILES string of the molecule is CC(C)C(NCc1cccnc1)C(O)c1ccccc1. The number of aliphatic hydroxyl groups is 1. The number of nitrogens with zero attached hydrogens (tertiary/aromatic N) is 1. The monoisotopic (exact) mass is 270 g/mol. The average molecular weight is 270 g/mol. The Kier molecular flexibility index (Phi) is 5.27. The Labute approximate surface area is 120 Å². The van der Waals surface area contributed by atoms with Crippen LogP contribution in [0.15, 0.2) is 54.9 Å². The fraction of sp³-hybridized carbons (Fsp3) is 0.353. The molecule has 3 nitrogen and oxygen atoms in total. The van der Waals surface area contributed by atoms with Crippen molar-refractivity contribution in [3.8, 4) is 0 Å². The van der Waals surface area contributed by atoms with Crippen molar-refractivity contribution in [3.05, 3.63) is 66.0 Å². The molecule has 2 rings (SSSR count). The predicted octanol–water partition coefficient (Wildman–Crippen LogP) is 2.93. The van der Waals surface area contributed by atoms with E-state index >= 15 is 0 Å². The summed E-state index contributed by atoms with van der Waals surface area (Å²) in [5.41, 5.74) is 2.07. The van der Waals surface area contributed by atoms with Gasteiger partial charge in [-0.3, -0.25) is 4.98 Å². The molecule has 3 heteroatoms. The molecule has 0 bridgehead atoms. The summed E-state index contributed by atoms with van der Waals surface area (Å²) in [6.45, 7) is 4.95. The van der Waals surface area contributed by atoms with Crippen LogP contribution in [0.2, 0.25) is 0 Å². The van der Waals surface area contributed by atoms with Crippen molar-refractivity contribution in [1.82, 2.24) is 10.3 Å². The molecule has 2 aromatic rings. The van der Waals surface area contributed by atoms with Crippen LogP contribution in [0.1, 0.15) is 31.1 Å². The Morgan fingerprint density at radius 1 is 1.10 bits per heavy atom. The first-order valence-corrected chi connectivity index (χ1v) is 7.04. The van der Waals surface area contributed by atoms with Gasteiger partial charge in [0.1, 0.15) is 0 Å². The van der Waals surface area contributed by atoms with Gasteiger partial charge in [0.25, 0.3) is 0 Å². The van der Waals surface area contributed by atoms with E-state index in [9.17, 15) is 5.11 Å². The van der Waals surface area contributed by atoms with E-state index in [1.165, 1.54) is 0 Å². The van der Waals surface area contributed by atoms with Crippen LogP contribution >= 0.6 is 0 Å². The molecule has 2 atom stereocenters. The molecule has 1 aromatic heterocycles. The molecule has 0 amide bonds. The Hall–Kier alpha value is -1.71. The molecule has 0 spiro atoms. The molecule has 2 N–H and O–H groups in total. The van der Waals surface area contributed by atoms with Gasteiger partial charge in [-0.05, 0) is 23.1 Å². The number of aromatic nitrogens is 1. The van der Waals surface area contributed by atoms with Crippen LogP contribution in [0.3, 0.4) is 0 Å². The lowest BCUT2D eigenvalue weighted by molar-refractivity contribution is 0.104. The first-order valence-electron chi connectivity index (χ1n) is 7.04. The van der Waals surface area contributed by atoms with Crippen LogP contribution in [0.5, 0.6) is 0 Å². The molecule has 1 heterocycles. The normalized spacial score (nSPS) is 14.2.